The molecule has 3 heterocycles. The predicted molar refractivity (Wildman–Crippen MR) is 161 cm³/mol. The van der Waals surface area contributed by atoms with Crippen molar-refractivity contribution in [1.82, 2.24) is 15.2 Å². The highest BCUT2D eigenvalue weighted by Gasteiger charge is 2.28. The van der Waals surface area contributed by atoms with Crippen LogP contribution in [0.25, 0.3) is 0 Å². The lowest BCUT2D eigenvalue weighted by molar-refractivity contribution is -0.136. The highest BCUT2D eigenvalue weighted by Crippen LogP contribution is 2.33. The second-order valence-electron chi connectivity index (χ2n) is 10.5. The lowest BCUT2D eigenvalue weighted by atomic mass is 10.1. The van der Waals surface area contributed by atoms with Gasteiger partial charge in [-0.15, -0.1) is 0 Å². The first-order valence-electron chi connectivity index (χ1n) is 13.9. The van der Waals surface area contributed by atoms with E-state index in [-0.39, 0.29) is 23.8 Å². The third kappa shape index (κ3) is 6.97. The summed E-state index contributed by atoms with van der Waals surface area (Å²) in [5, 5.41) is 12.0. The number of hydrogen-bond acceptors (Lipinski definition) is 8. The summed E-state index contributed by atoms with van der Waals surface area (Å²) in [6.07, 6.45) is 5.30. The van der Waals surface area contributed by atoms with Crippen molar-refractivity contribution in [1.29, 1.82) is 0 Å². The Morgan fingerprint density at radius 3 is 2.61 bits per heavy atom. The smallest absolute Gasteiger partial charge is 0.253 e. The largest absolute Gasteiger partial charge is 0.474 e. The molecule has 1 saturated heterocycles. The van der Waals surface area contributed by atoms with Crippen molar-refractivity contribution in [2.24, 2.45) is 5.92 Å². The van der Waals surface area contributed by atoms with Gasteiger partial charge in [-0.3, -0.25) is 14.4 Å². The van der Waals surface area contributed by atoms with Crippen molar-refractivity contribution in [3.05, 3.63) is 59.6 Å². The van der Waals surface area contributed by atoms with Gasteiger partial charge in [-0.1, -0.05) is 13.8 Å². The lowest BCUT2D eigenvalue weighted by Crippen LogP contribution is -2.55. The minimum Gasteiger partial charge on any atom is -0.474 e. The second-order valence-corrected chi connectivity index (χ2v) is 10.5. The number of aromatic nitrogens is 1. The number of piperazine rings is 1. The average Bonchev–Trinajstić information content (AvgIpc) is 2.97. The molecule has 2 aliphatic heterocycles. The van der Waals surface area contributed by atoms with Gasteiger partial charge in [-0.05, 0) is 51.1 Å². The summed E-state index contributed by atoms with van der Waals surface area (Å²) in [7, 11) is 0. The van der Waals surface area contributed by atoms with E-state index in [1.54, 1.807) is 19.2 Å². The Morgan fingerprint density at radius 1 is 1.17 bits per heavy atom. The van der Waals surface area contributed by atoms with Gasteiger partial charge < -0.3 is 35.8 Å². The Balaban J connectivity index is 1.46. The number of pyridine rings is 1. The third-order valence-corrected chi connectivity index (χ3v) is 7.27. The summed E-state index contributed by atoms with van der Waals surface area (Å²) in [6, 6.07) is 7.82. The van der Waals surface area contributed by atoms with Crippen LogP contribution in [0.2, 0.25) is 0 Å². The molecule has 1 unspecified atom stereocenters. The summed E-state index contributed by atoms with van der Waals surface area (Å²) >= 11 is 0. The monoisotopic (exact) mass is 561 g/mol. The molecule has 11 heteroatoms. The minimum absolute atomic E-state index is 0.0119. The van der Waals surface area contributed by atoms with E-state index in [0.717, 1.165) is 30.0 Å². The first kappa shape index (κ1) is 29.4. The number of carbonyl (C=O) groups is 3. The Morgan fingerprint density at radius 2 is 1.93 bits per heavy atom. The van der Waals surface area contributed by atoms with Gasteiger partial charge in [0.2, 0.25) is 18.2 Å². The molecule has 1 atom stereocenters. The highest BCUT2D eigenvalue weighted by molar-refractivity contribution is 6.04. The molecule has 1 aromatic carbocycles. The number of hydrogen-bond donors (Lipinski definition) is 4. The van der Waals surface area contributed by atoms with E-state index < -0.39 is 0 Å². The van der Waals surface area contributed by atoms with E-state index in [2.05, 4.69) is 38.1 Å². The third-order valence-electron chi connectivity index (χ3n) is 7.27. The van der Waals surface area contributed by atoms with Gasteiger partial charge in [0.25, 0.3) is 5.91 Å². The molecule has 4 N–H and O–H groups in total. The molecule has 1 aromatic heterocycles. The van der Waals surface area contributed by atoms with Gasteiger partial charge >= 0.3 is 0 Å². The number of fused-ring (bicyclic) bond motifs is 1. The zero-order valence-corrected chi connectivity index (χ0v) is 24.3. The van der Waals surface area contributed by atoms with E-state index in [1.807, 2.05) is 49.9 Å². The van der Waals surface area contributed by atoms with E-state index in [4.69, 9.17) is 4.74 Å². The molecule has 0 aliphatic carbocycles. The number of carbonyl (C=O) groups excluding carboxylic acids is 3. The molecule has 3 amide bonds. The standard InChI is InChI=1S/C30H39N7O4/c1-19(2)30(40)37-14-13-36(17-20(37)3)24-8-6-23(7-9-24)34-28(39)22(5)25(10-11-31-18-38)35-26-16-33-29-27(21(26)4)32-12-15-41-29/h6-11,16,18-20,32,35H,12-15,17H2,1-5H3,(H,31,38)(H,34,39)/b11-10-,25-22-. The fourth-order valence-electron chi connectivity index (χ4n) is 4.88. The zero-order valence-electron chi connectivity index (χ0n) is 24.3. The molecule has 0 bridgehead atoms. The molecule has 2 aliphatic rings. The van der Waals surface area contributed by atoms with Crippen LogP contribution in [0.1, 0.15) is 33.3 Å². The molecule has 0 radical (unpaired) electrons. The number of amides is 3. The molecule has 0 saturated carbocycles. The predicted octanol–water partition coefficient (Wildman–Crippen LogP) is 3.47. The van der Waals surface area contributed by atoms with Crippen molar-refractivity contribution in [3.8, 4) is 5.88 Å². The lowest BCUT2D eigenvalue weighted by Gasteiger charge is -2.41. The van der Waals surface area contributed by atoms with Crippen LogP contribution in [0.4, 0.5) is 22.7 Å². The van der Waals surface area contributed by atoms with E-state index in [1.165, 1.54) is 6.20 Å². The number of ether oxygens (including phenoxy) is 1. The quantitative estimate of drug-likeness (QED) is 0.208. The number of nitrogens with one attached hydrogen (secondary N) is 4. The van der Waals surface area contributed by atoms with Gasteiger partial charge in [0, 0.05) is 72.5 Å². The van der Waals surface area contributed by atoms with Crippen molar-refractivity contribution in [2.45, 2.75) is 40.7 Å². The molecule has 41 heavy (non-hydrogen) atoms. The van der Waals surface area contributed by atoms with Gasteiger partial charge in [-0.25, -0.2) is 4.98 Å². The van der Waals surface area contributed by atoms with Crippen molar-refractivity contribution >= 4 is 41.0 Å². The minimum atomic E-state index is -0.296. The van der Waals surface area contributed by atoms with Gasteiger partial charge in [0.1, 0.15) is 12.3 Å². The fraction of sp³-hybridized carbons (Fsp3) is 0.400. The number of rotatable bonds is 9. The number of allylic oxidation sites excluding steroid dienone is 1. The summed E-state index contributed by atoms with van der Waals surface area (Å²) < 4.78 is 5.61. The molecule has 0 spiro atoms. The van der Waals surface area contributed by atoms with Crippen LogP contribution in [0.5, 0.6) is 5.88 Å². The van der Waals surface area contributed by atoms with Gasteiger partial charge in [0.15, 0.2) is 0 Å². The fourth-order valence-corrected chi connectivity index (χ4v) is 4.88. The van der Waals surface area contributed by atoms with Gasteiger partial charge in [-0.2, -0.15) is 0 Å². The van der Waals surface area contributed by atoms with Gasteiger partial charge in [0.05, 0.1) is 11.9 Å². The number of anilines is 4. The second kappa shape index (κ2) is 13.2. The summed E-state index contributed by atoms with van der Waals surface area (Å²) in [5.74, 6) is 0.423. The van der Waals surface area contributed by atoms with Crippen LogP contribution in [-0.2, 0) is 14.4 Å². The normalized spacial score (nSPS) is 17.3. The Hall–Kier alpha value is -4.54. The number of nitrogens with zero attached hydrogens (tertiary/aromatic N) is 3. The SMILES string of the molecule is C/C(C(=O)Nc1ccc(N2CCN(C(=O)C(C)C)C(C)C2)cc1)=C(\C=C/NC=O)Nc1cnc2c(c1C)NCCO2. The van der Waals surface area contributed by atoms with E-state index >= 15 is 0 Å². The van der Waals surface area contributed by atoms with Crippen LogP contribution in [-0.4, -0.2) is 66.9 Å². The first-order valence-corrected chi connectivity index (χ1v) is 13.9. The van der Waals surface area contributed by atoms with Crippen LogP contribution in [0, 0.1) is 12.8 Å². The van der Waals surface area contributed by atoms with Crippen LogP contribution in [0.15, 0.2) is 54.0 Å². The Bertz CT molecular complexity index is 1340. The maximum Gasteiger partial charge on any atom is 0.253 e. The molecular weight excluding hydrogens is 522 g/mol. The maximum atomic E-state index is 13.3. The maximum absolute atomic E-state index is 13.3. The molecule has 218 valence electrons. The van der Waals surface area contributed by atoms with E-state index in [0.29, 0.717) is 54.6 Å². The topological polar surface area (TPSA) is 128 Å². The Labute approximate surface area is 241 Å². The number of benzene rings is 1. The Kier molecular flexibility index (Phi) is 9.49. The first-order chi connectivity index (χ1) is 19.7. The molecular formula is C30H39N7O4. The average molecular weight is 562 g/mol. The van der Waals surface area contributed by atoms with Crippen molar-refractivity contribution in [3.63, 3.8) is 0 Å². The summed E-state index contributed by atoms with van der Waals surface area (Å²) in [4.78, 5) is 45.1. The van der Waals surface area contributed by atoms with Crippen molar-refractivity contribution in [2.75, 3.05) is 53.6 Å². The molecule has 1 fully saturated rings. The molecule has 2 aromatic rings. The van der Waals surface area contributed by atoms with Crippen LogP contribution in [0.3, 0.4) is 0 Å². The summed E-state index contributed by atoms with van der Waals surface area (Å²) in [5.41, 5.74) is 5.01. The molecule has 4 rings (SSSR count). The van der Waals surface area contributed by atoms with E-state index in [9.17, 15) is 14.4 Å². The van der Waals surface area contributed by atoms with Crippen LogP contribution >= 0.6 is 0 Å². The van der Waals surface area contributed by atoms with Crippen LogP contribution < -0.4 is 30.9 Å². The zero-order chi connectivity index (χ0) is 29.5. The van der Waals surface area contributed by atoms with Crippen molar-refractivity contribution < 1.29 is 19.1 Å². The highest BCUT2D eigenvalue weighted by atomic mass is 16.5. The molecule has 11 nitrogen and oxygen atoms in total. The summed E-state index contributed by atoms with van der Waals surface area (Å²) in [6.45, 7) is 13.0.